The summed E-state index contributed by atoms with van der Waals surface area (Å²) in [5.74, 6) is 0.766. The van der Waals surface area contributed by atoms with Crippen molar-refractivity contribution < 1.29 is 26.5 Å². The number of anilines is 1. The topological polar surface area (TPSA) is 51.2 Å². The van der Waals surface area contributed by atoms with Crippen LogP contribution >= 0.6 is 27.3 Å². The number of halogens is 2. The highest BCUT2D eigenvalue weighted by molar-refractivity contribution is 9.10. The van der Waals surface area contributed by atoms with Crippen molar-refractivity contribution in [2.45, 2.75) is 13.0 Å². The van der Waals surface area contributed by atoms with E-state index in [1.807, 2.05) is 49.4 Å². The van der Waals surface area contributed by atoms with E-state index in [1.165, 1.54) is 11.3 Å². The molecule has 0 aliphatic rings. The monoisotopic (exact) mass is 469 g/mol. The van der Waals surface area contributed by atoms with Crippen LogP contribution in [0.5, 0.6) is 5.75 Å². The van der Waals surface area contributed by atoms with Crippen LogP contribution in [-0.4, -0.2) is 23.9 Å². The number of thiazole rings is 1. The van der Waals surface area contributed by atoms with Gasteiger partial charge in [-0.05, 0) is 31.2 Å². The van der Waals surface area contributed by atoms with Crippen molar-refractivity contribution in [2.24, 2.45) is 0 Å². The Kier molecular flexibility index (Phi) is 6.37. The van der Waals surface area contributed by atoms with Crippen molar-refractivity contribution in [3.63, 3.8) is 0 Å². The van der Waals surface area contributed by atoms with Crippen molar-refractivity contribution >= 4 is 48.4 Å². The highest BCUT2D eigenvalue weighted by Crippen LogP contribution is 2.32. The van der Waals surface area contributed by atoms with Crippen LogP contribution in [0.15, 0.2) is 46.9 Å². The minimum Gasteiger partial charge on any atom is -1.00 e. The van der Waals surface area contributed by atoms with Gasteiger partial charge in [-0.15, -0.1) is 0 Å². The summed E-state index contributed by atoms with van der Waals surface area (Å²) in [5, 5.41) is 3.90. The van der Waals surface area contributed by atoms with Gasteiger partial charge in [0.2, 0.25) is 0 Å². The van der Waals surface area contributed by atoms with E-state index in [2.05, 4.69) is 26.2 Å². The zero-order valence-corrected chi connectivity index (χ0v) is 17.0. The fourth-order valence-corrected chi connectivity index (χ4v) is 3.50. The number of nitrogens with zero attached hydrogens (tertiary/aromatic N) is 1. The number of nitrogens with one attached hydrogen (secondary N) is 1. The lowest BCUT2D eigenvalue weighted by Gasteiger charge is -2.11. The van der Waals surface area contributed by atoms with E-state index in [0.717, 1.165) is 20.4 Å². The van der Waals surface area contributed by atoms with Crippen molar-refractivity contribution in [3.8, 4) is 5.75 Å². The molecule has 1 N–H and O–H groups in total. The van der Waals surface area contributed by atoms with E-state index in [1.54, 1.807) is 7.11 Å². The standard InChI is InChI=1S/C17H15BrN2O2S.BrH/c1-10(16(21)11-6-8-12(18)9-7-11)19-17-20-15-13(22-2)4-3-5-14(15)23-17;/h3-10H,1-2H3,(H,19,20);1H/p-1. The first kappa shape index (κ1) is 18.9. The molecule has 0 saturated heterocycles. The second-order valence-corrected chi connectivity index (χ2v) is 7.01. The normalized spacial score (nSPS) is 11.6. The van der Waals surface area contributed by atoms with Crippen LogP contribution in [0.3, 0.4) is 0 Å². The molecule has 3 aromatic rings. The highest BCUT2D eigenvalue weighted by atomic mass is 79.9. The number of ether oxygens (including phenoxy) is 1. The third kappa shape index (κ3) is 3.96. The summed E-state index contributed by atoms with van der Waals surface area (Å²) in [6.45, 7) is 1.84. The minimum atomic E-state index is -0.359. The number of methoxy groups -OCH3 is 1. The fourth-order valence-electron chi connectivity index (χ4n) is 2.26. The van der Waals surface area contributed by atoms with Crippen LogP contribution in [0.1, 0.15) is 17.3 Å². The number of hydrogen-bond donors (Lipinski definition) is 1. The Hall–Kier alpha value is -1.44. The minimum absolute atomic E-state index is 0. The molecule has 0 aliphatic carbocycles. The Morgan fingerprint density at radius 2 is 1.96 bits per heavy atom. The van der Waals surface area contributed by atoms with Crippen LogP contribution in [0.25, 0.3) is 10.2 Å². The summed E-state index contributed by atoms with van der Waals surface area (Å²) in [4.78, 5) is 17.0. The van der Waals surface area contributed by atoms with Gasteiger partial charge in [0, 0.05) is 10.0 Å². The lowest BCUT2D eigenvalue weighted by molar-refractivity contribution is -0.0000122. The molecule has 1 aromatic heterocycles. The molecule has 0 radical (unpaired) electrons. The molecule has 0 amide bonds. The number of carbonyl (C=O) groups is 1. The number of hydrogen-bond acceptors (Lipinski definition) is 5. The van der Waals surface area contributed by atoms with Crippen LogP contribution in [0.4, 0.5) is 5.13 Å². The van der Waals surface area contributed by atoms with E-state index >= 15 is 0 Å². The van der Waals surface area contributed by atoms with Crippen LogP contribution in [-0.2, 0) is 0 Å². The summed E-state index contributed by atoms with van der Waals surface area (Å²) in [7, 11) is 1.63. The number of para-hydroxylation sites is 1. The predicted molar refractivity (Wildman–Crippen MR) is 97.7 cm³/mol. The Morgan fingerprint density at radius 3 is 2.62 bits per heavy atom. The summed E-state index contributed by atoms with van der Waals surface area (Å²) < 4.78 is 7.29. The summed E-state index contributed by atoms with van der Waals surface area (Å²) in [6, 6.07) is 12.8. The third-order valence-corrected chi connectivity index (χ3v) is 4.94. The lowest BCUT2D eigenvalue weighted by Crippen LogP contribution is -3.00. The number of rotatable bonds is 5. The number of fused-ring (bicyclic) bond motifs is 1. The van der Waals surface area contributed by atoms with Crippen LogP contribution in [0.2, 0.25) is 0 Å². The average molecular weight is 471 g/mol. The predicted octanol–water partition coefficient (Wildman–Crippen LogP) is 1.75. The highest BCUT2D eigenvalue weighted by Gasteiger charge is 2.17. The van der Waals surface area contributed by atoms with Crippen molar-refractivity contribution in [1.29, 1.82) is 0 Å². The maximum atomic E-state index is 12.5. The molecule has 126 valence electrons. The number of benzene rings is 2. The number of carbonyl (C=O) groups excluding carboxylic acids is 1. The molecule has 0 spiro atoms. The summed E-state index contributed by atoms with van der Waals surface area (Å²) in [6.07, 6.45) is 0. The molecule has 0 saturated carbocycles. The van der Waals surface area contributed by atoms with Gasteiger partial charge in [0.05, 0.1) is 17.9 Å². The average Bonchev–Trinajstić information content (AvgIpc) is 2.97. The van der Waals surface area contributed by atoms with Gasteiger partial charge in [-0.1, -0.05) is 45.5 Å². The van der Waals surface area contributed by atoms with E-state index in [4.69, 9.17) is 4.74 Å². The SMILES string of the molecule is COc1cccc2sc(NC(C)C(=O)c3ccc(Br)cc3)nc12.[Br-]. The van der Waals surface area contributed by atoms with Crippen molar-refractivity contribution in [2.75, 3.05) is 12.4 Å². The van der Waals surface area contributed by atoms with E-state index in [-0.39, 0.29) is 28.8 Å². The molecule has 0 bridgehead atoms. The molecule has 3 rings (SSSR count). The second kappa shape index (κ2) is 8.09. The zero-order valence-electron chi connectivity index (χ0n) is 13.0. The first-order chi connectivity index (χ1) is 11.1. The van der Waals surface area contributed by atoms with E-state index in [9.17, 15) is 4.79 Å². The Morgan fingerprint density at radius 1 is 1.25 bits per heavy atom. The Bertz CT molecular complexity index is 849. The fraction of sp³-hybridized carbons (Fsp3) is 0.176. The third-order valence-electron chi connectivity index (χ3n) is 3.46. The van der Waals surface area contributed by atoms with Gasteiger partial charge in [-0.3, -0.25) is 4.79 Å². The smallest absolute Gasteiger partial charge is 0.184 e. The lowest BCUT2D eigenvalue weighted by atomic mass is 10.1. The molecule has 1 heterocycles. The Labute approximate surface area is 163 Å². The molecule has 1 unspecified atom stereocenters. The number of aromatic nitrogens is 1. The van der Waals surface area contributed by atoms with E-state index in [0.29, 0.717) is 10.7 Å². The van der Waals surface area contributed by atoms with Crippen LogP contribution < -0.4 is 27.0 Å². The second-order valence-electron chi connectivity index (χ2n) is 5.06. The zero-order chi connectivity index (χ0) is 16.4. The maximum Gasteiger partial charge on any atom is 0.184 e. The molecular weight excluding hydrogens is 456 g/mol. The van der Waals surface area contributed by atoms with Gasteiger partial charge in [-0.25, -0.2) is 4.98 Å². The number of Topliss-reactive ketones (excluding diaryl/α,β-unsaturated/α-hetero) is 1. The molecule has 7 heteroatoms. The molecule has 2 aromatic carbocycles. The van der Waals surface area contributed by atoms with Gasteiger partial charge in [0.25, 0.3) is 0 Å². The summed E-state index contributed by atoms with van der Waals surface area (Å²) >= 11 is 4.88. The molecule has 0 aliphatic heterocycles. The van der Waals surface area contributed by atoms with Gasteiger partial charge >= 0.3 is 0 Å². The van der Waals surface area contributed by atoms with E-state index < -0.39 is 0 Å². The summed E-state index contributed by atoms with van der Waals surface area (Å²) in [5.41, 5.74) is 1.48. The molecule has 1 atom stereocenters. The maximum absolute atomic E-state index is 12.5. The largest absolute Gasteiger partial charge is 1.00 e. The van der Waals surface area contributed by atoms with Gasteiger partial charge in [0.1, 0.15) is 11.3 Å². The van der Waals surface area contributed by atoms with Gasteiger partial charge < -0.3 is 27.0 Å². The molecule has 0 fully saturated rings. The van der Waals surface area contributed by atoms with Crippen molar-refractivity contribution in [1.82, 2.24) is 4.98 Å². The van der Waals surface area contributed by atoms with Crippen molar-refractivity contribution in [3.05, 3.63) is 52.5 Å². The van der Waals surface area contributed by atoms with Crippen LogP contribution in [0, 0.1) is 0 Å². The first-order valence-electron chi connectivity index (χ1n) is 7.08. The molecular formula is C17H15Br2N2O2S-. The van der Waals surface area contributed by atoms with Gasteiger partial charge in [0.15, 0.2) is 10.9 Å². The first-order valence-corrected chi connectivity index (χ1v) is 8.69. The molecule has 4 nitrogen and oxygen atoms in total. The Balaban J connectivity index is 0.00000208. The van der Waals surface area contributed by atoms with Gasteiger partial charge in [-0.2, -0.15) is 0 Å². The number of ketones is 1. The molecule has 24 heavy (non-hydrogen) atoms. The quantitative estimate of drug-likeness (QED) is 0.577.